The Kier molecular flexibility index (Phi) is 5.17. The number of carboxylic acid groups (broad SMARTS) is 1. The molecule has 0 spiro atoms. The number of ether oxygens (including phenoxy) is 1. The van der Waals surface area contributed by atoms with Crippen LogP contribution >= 0.6 is 0 Å². The van der Waals surface area contributed by atoms with Gasteiger partial charge in [-0.2, -0.15) is 0 Å². The Balaban J connectivity index is 1.31. The van der Waals surface area contributed by atoms with Crippen LogP contribution in [0.2, 0.25) is 0 Å². The van der Waals surface area contributed by atoms with Gasteiger partial charge in [-0.15, -0.1) is 0 Å². The summed E-state index contributed by atoms with van der Waals surface area (Å²) in [7, 11) is 1.53. The van der Waals surface area contributed by atoms with Crippen molar-refractivity contribution in [3.05, 3.63) is 95.1 Å². The van der Waals surface area contributed by atoms with E-state index < -0.39 is 18.1 Å². The van der Waals surface area contributed by atoms with Gasteiger partial charge in [0, 0.05) is 13.0 Å². The summed E-state index contributed by atoms with van der Waals surface area (Å²) in [5.74, 6) is -1.23. The fourth-order valence-corrected chi connectivity index (χ4v) is 5.31. The molecule has 162 valence electrons. The number of hydrogen-bond acceptors (Lipinski definition) is 3. The van der Waals surface area contributed by atoms with Crippen LogP contribution in [-0.4, -0.2) is 41.8 Å². The molecular weight excluding hydrogens is 402 g/mol. The van der Waals surface area contributed by atoms with Crippen LogP contribution in [0.15, 0.2) is 72.8 Å². The molecule has 3 aromatic carbocycles. The number of carboxylic acids is 1. The van der Waals surface area contributed by atoms with Crippen molar-refractivity contribution in [2.45, 2.75) is 24.8 Å². The summed E-state index contributed by atoms with van der Waals surface area (Å²) in [5.41, 5.74) is 6.89. The van der Waals surface area contributed by atoms with E-state index in [2.05, 4.69) is 24.3 Å². The average molecular weight is 428 g/mol. The van der Waals surface area contributed by atoms with Crippen molar-refractivity contribution >= 4 is 12.1 Å². The number of hydrogen-bond donors (Lipinski definition) is 1. The molecule has 0 radical (unpaired) electrons. The maximum atomic E-state index is 12.9. The van der Waals surface area contributed by atoms with Crippen LogP contribution in [0, 0.1) is 5.92 Å². The van der Waals surface area contributed by atoms with Gasteiger partial charge in [0.05, 0.1) is 0 Å². The van der Waals surface area contributed by atoms with E-state index in [0.29, 0.717) is 12.8 Å². The van der Waals surface area contributed by atoms with Crippen molar-refractivity contribution in [2.75, 3.05) is 13.7 Å². The van der Waals surface area contributed by atoms with Gasteiger partial charge in [-0.05, 0) is 52.1 Å². The number of carbonyl (C=O) groups excluding carboxylic acids is 1. The van der Waals surface area contributed by atoms with Crippen molar-refractivity contribution in [3.63, 3.8) is 0 Å². The molecule has 5 heteroatoms. The Labute approximate surface area is 187 Å². The Morgan fingerprint density at radius 2 is 1.41 bits per heavy atom. The third-order valence-corrected chi connectivity index (χ3v) is 6.82. The van der Waals surface area contributed by atoms with Crippen LogP contribution in [0.5, 0.6) is 0 Å². The number of amides is 1. The molecule has 5 rings (SSSR count). The van der Waals surface area contributed by atoms with Gasteiger partial charge < -0.3 is 9.84 Å². The molecular formula is C27H25NO4. The lowest BCUT2D eigenvalue weighted by Crippen LogP contribution is -2.48. The summed E-state index contributed by atoms with van der Waals surface area (Å²) in [4.78, 5) is 26.3. The van der Waals surface area contributed by atoms with Crippen LogP contribution in [0.1, 0.15) is 28.2 Å². The zero-order valence-corrected chi connectivity index (χ0v) is 17.9. The first kappa shape index (κ1) is 20.3. The second-order valence-corrected chi connectivity index (χ2v) is 8.64. The zero-order valence-electron chi connectivity index (χ0n) is 17.9. The van der Waals surface area contributed by atoms with Gasteiger partial charge in [0.2, 0.25) is 0 Å². The minimum Gasteiger partial charge on any atom is -0.480 e. The quantitative estimate of drug-likeness (QED) is 0.639. The van der Waals surface area contributed by atoms with Gasteiger partial charge in [0.1, 0.15) is 12.6 Å². The predicted molar refractivity (Wildman–Crippen MR) is 122 cm³/mol. The topological polar surface area (TPSA) is 66.8 Å². The molecule has 0 aliphatic heterocycles. The van der Waals surface area contributed by atoms with Crippen molar-refractivity contribution in [1.29, 1.82) is 0 Å². The second kappa shape index (κ2) is 8.15. The summed E-state index contributed by atoms with van der Waals surface area (Å²) in [5, 5.41) is 9.92. The molecule has 0 aromatic heterocycles. The monoisotopic (exact) mass is 427 g/mol. The van der Waals surface area contributed by atoms with E-state index in [1.165, 1.54) is 11.9 Å². The van der Waals surface area contributed by atoms with E-state index in [1.807, 2.05) is 48.5 Å². The van der Waals surface area contributed by atoms with Crippen molar-refractivity contribution in [3.8, 4) is 11.1 Å². The van der Waals surface area contributed by atoms with Crippen LogP contribution in [0.25, 0.3) is 11.1 Å². The largest absolute Gasteiger partial charge is 0.480 e. The molecule has 0 unspecified atom stereocenters. The Bertz CT molecular complexity index is 1120. The molecule has 5 nitrogen and oxygen atoms in total. The highest BCUT2D eigenvalue weighted by Gasteiger charge is 2.39. The number of benzene rings is 3. The molecule has 0 bridgehead atoms. The van der Waals surface area contributed by atoms with Crippen LogP contribution < -0.4 is 0 Å². The van der Waals surface area contributed by atoms with Gasteiger partial charge >= 0.3 is 12.1 Å². The maximum absolute atomic E-state index is 12.9. The highest BCUT2D eigenvalue weighted by molar-refractivity contribution is 5.81. The molecule has 2 aliphatic rings. The second-order valence-electron chi connectivity index (χ2n) is 8.64. The molecule has 0 fully saturated rings. The third-order valence-electron chi connectivity index (χ3n) is 6.82. The first-order chi connectivity index (χ1) is 15.5. The van der Waals surface area contributed by atoms with Gasteiger partial charge in [-0.1, -0.05) is 72.8 Å². The van der Waals surface area contributed by atoms with Crippen LogP contribution in [0.4, 0.5) is 4.79 Å². The number of fused-ring (bicyclic) bond motifs is 4. The predicted octanol–water partition coefficient (Wildman–Crippen LogP) is 4.74. The van der Waals surface area contributed by atoms with Crippen molar-refractivity contribution in [2.24, 2.45) is 5.92 Å². The maximum Gasteiger partial charge on any atom is 0.410 e. The summed E-state index contributed by atoms with van der Waals surface area (Å²) < 4.78 is 5.69. The van der Waals surface area contributed by atoms with E-state index in [0.717, 1.165) is 33.4 Å². The normalized spacial score (nSPS) is 15.5. The summed E-state index contributed by atoms with van der Waals surface area (Å²) in [6, 6.07) is 23.3. The molecule has 3 aromatic rings. The number of carbonyl (C=O) groups is 2. The molecule has 2 aliphatic carbocycles. The summed E-state index contributed by atoms with van der Waals surface area (Å²) in [6.45, 7) is 0.175. The molecule has 1 amide bonds. The lowest BCUT2D eigenvalue weighted by Gasteiger charge is -2.29. The van der Waals surface area contributed by atoms with E-state index >= 15 is 0 Å². The average Bonchev–Trinajstić information content (AvgIpc) is 3.36. The number of nitrogens with zero attached hydrogens (tertiary/aromatic N) is 1. The Hall–Kier alpha value is -3.60. The minimum absolute atomic E-state index is 0.0567. The van der Waals surface area contributed by atoms with Gasteiger partial charge in [0.25, 0.3) is 0 Å². The van der Waals surface area contributed by atoms with Crippen molar-refractivity contribution < 1.29 is 19.4 Å². The molecule has 1 N–H and O–H groups in total. The molecule has 0 saturated heterocycles. The van der Waals surface area contributed by atoms with Crippen LogP contribution in [-0.2, 0) is 22.4 Å². The molecule has 32 heavy (non-hydrogen) atoms. The van der Waals surface area contributed by atoms with E-state index in [9.17, 15) is 14.7 Å². The van der Waals surface area contributed by atoms with E-state index in [-0.39, 0.29) is 18.4 Å². The Morgan fingerprint density at radius 1 is 0.906 bits per heavy atom. The standard InChI is InChI=1S/C27H25NO4/c1-28(25(26(29)30)19-14-17-8-2-3-9-18(17)15-19)27(31)32-16-24-22-12-6-4-10-20(22)21-11-5-7-13-23(21)24/h2-13,19,24-25H,14-16H2,1H3,(H,29,30)/t25-/m1/s1. The number of aliphatic carboxylic acids is 1. The van der Waals surface area contributed by atoms with Crippen molar-refractivity contribution in [1.82, 2.24) is 4.90 Å². The van der Waals surface area contributed by atoms with Gasteiger partial charge in [-0.3, -0.25) is 4.90 Å². The molecule has 1 atom stereocenters. The lowest BCUT2D eigenvalue weighted by molar-refractivity contribution is -0.144. The number of rotatable bonds is 5. The summed E-state index contributed by atoms with van der Waals surface area (Å²) in [6.07, 6.45) is 0.692. The fraction of sp³-hybridized carbons (Fsp3) is 0.259. The Morgan fingerprint density at radius 3 is 1.94 bits per heavy atom. The third kappa shape index (κ3) is 3.44. The SMILES string of the molecule is CN(C(=O)OCC1c2ccccc2-c2ccccc21)[C@@H](C(=O)O)C1Cc2ccccc2C1. The van der Waals surface area contributed by atoms with Crippen LogP contribution in [0.3, 0.4) is 0 Å². The smallest absolute Gasteiger partial charge is 0.410 e. The van der Waals surface area contributed by atoms with Gasteiger partial charge in [0.15, 0.2) is 0 Å². The molecule has 0 saturated carbocycles. The first-order valence-electron chi connectivity index (χ1n) is 10.9. The fourth-order valence-electron chi connectivity index (χ4n) is 5.31. The lowest BCUT2D eigenvalue weighted by atomic mass is 9.95. The number of likely N-dealkylation sites (N-methyl/N-ethyl adjacent to an activating group) is 1. The van der Waals surface area contributed by atoms with E-state index in [4.69, 9.17) is 4.74 Å². The highest BCUT2D eigenvalue weighted by atomic mass is 16.6. The minimum atomic E-state index is -1.00. The summed E-state index contributed by atoms with van der Waals surface area (Å²) >= 11 is 0. The molecule has 0 heterocycles. The first-order valence-corrected chi connectivity index (χ1v) is 10.9. The zero-order chi connectivity index (χ0) is 22.2. The van der Waals surface area contributed by atoms with E-state index in [1.54, 1.807) is 0 Å². The van der Waals surface area contributed by atoms with Gasteiger partial charge in [-0.25, -0.2) is 9.59 Å². The highest BCUT2D eigenvalue weighted by Crippen LogP contribution is 2.44.